The number of anilines is 1. The highest BCUT2D eigenvalue weighted by Crippen LogP contribution is 2.24. The number of carbonyl (C=O) groups excluding carboxylic acids is 2. The molecule has 7 nitrogen and oxygen atoms in total. The lowest BCUT2D eigenvalue weighted by molar-refractivity contribution is 0.0952. The van der Waals surface area contributed by atoms with Crippen LogP contribution in [0.15, 0.2) is 53.4 Å². The summed E-state index contributed by atoms with van der Waals surface area (Å²) in [6.45, 7) is 1.00. The highest BCUT2D eigenvalue weighted by Gasteiger charge is 2.27. The van der Waals surface area contributed by atoms with E-state index in [4.69, 9.17) is 0 Å². The van der Waals surface area contributed by atoms with Gasteiger partial charge in [0.2, 0.25) is 10.0 Å². The lowest BCUT2D eigenvalue weighted by Gasteiger charge is -2.20. The highest BCUT2D eigenvalue weighted by molar-refractivity contribution is 7.89. The number of benzene rings is 2. The molecule has 164 valence electrons. The van der Waals surface area contributed by atoms with E-state index in [1.165, 1.54) is 16.4 Å². The highest BCUT2D eigenvalue weighted by atomic mass is 32.2. The number of hydrogen-bond acceptors (Lipinski definition) is 4. The van der Waals surface area contributed by atoms with E-state index >= 15 is 0 Å². The summed E-state index contributed by atoms with van der Waals surface area (Å²) in [5, 5.41) is 5.68. The number of carbonyl (C=O) groups is 2. The largest absolute Gasteiger partial charge is 0.349 e. The van der Waals surface area contributed by atoms with Crippen LogP contribution in [-0.4, -0.2) is 43.7 Å². The minimum Gasteiger partial charge on any atom is -0.349 e. The summed E-state index contributed by atoms with van der Waals surface area (Å²) in [6.07, 6.45) is 5.69. The molecule has 0 bridgehead atoms. The standard InChI is InChI=1S/C23H27N3O4S/c27-22(25-21-11-4-3-10-20(21)23(28)24-18-12-13-18)17-8-7-9-19(16-17)31(29,30)26-14-5-1-2-6-15-26/h3-4,7-11,16,18H,1-2,5-6,12-15H2,(H,24,28)(H,25,27). The van der Waals surface area contributed by atoms with E-state index in [-0.39, 0.29) is 22.4 Å². The number of rotatable bonds is 6. The Bertz CT molecular complexity index is 1070. The van der Waals surface area contributed by atoms with Gasteiger partial charge in [-0.15, -0.1) is 0 Å². The van der Waals surface area contributed by atoms with Crippen molar-refractivity contribution in [3.8, 4) is 0 Å². The Labute approximate surface area is 182 Å². The van der Waals surface area contributed by atoms with Crippen molar-refractivity contribution < 1.29 is 18.0 Å². The van der Waals surface area contributed by atoms with E-state index in [0.29, 0.717) is 24.3 Å². The molecule has 4 rings (SSSR count). The molecule has 0 spiro atoms. The second kappa shape index (κ2) is 9.20. The number of hydrogen-bond donors (Lipinski definition) is 2. The molecule has 0 atom stereocenters. The molecule has 2 N–H and O–H groups in total. The van der Waals surface area contributed by atoms with Crippen LogP contribution in [0.3, 0.4) is 0 Å². The van der Waals surface area contributed by atoms with E-state index < -0.39 is 15.9 Å². The summed E-state index contributed by atoms with van der Waals surface area (Å²) in [5.41, 5.74) is 1.01. The zero-order valence-electron chi connectivity index (χ0n) is 17.3. The van der Waals surface area contributed by atoms with Crippen molar-refractivity contribution in [3.63, 3.8) is 0 Å². The molecule has 8 heteroatoms. The average molecular weight is 442 g/mol. The third-order valence-electron chi connectivity index (χ3n) is 5.63. The molecule has 2 aromatic rings. The number of nitrogens with zero attached hydrogens (tertiary/aromatic N) is 1. The lowest BCUT2D eigenvalue weighted by Crippen LogP contribution is -2.32. The monoisotopic (exact) mass is 441 g/mol. The maximum atomic E-state index is 13.1. The third-order valence-corrected chi connectivity index (χ3v) is 7.53. The summed E-state index contributed by atoms with van der Waals surface area (Å²) in [5.74, 6) is -0.685. The molecule has 1 aliphatic heterocycles. The molecule has 0 radical (unpaired) electrons. The minimum absolute atomic E-state index is 0.113. The number of sulfonamides is 1. The van der Waals surface area contributed by atoms with Crippen molar-refractivity contribution in [3.05, 3.63) is 59.7 Å². The second-order valence-corrected chi connectivity index (χ2v) is 10.0. The lowest BCUT2D eigenvalue weighted by atomic mass is 10.1. The van der Waals surface area contributed by atoms with E-state index in [1.54, 1.807) is 36.4 Å². The molecule has 1 saturated heterocycles. The number of nitrogens with one attached hydrogen (secondary N) is 2. The summed E-state index contributed by atoms with van der Waals surface area (Å²) in [4.78, 5) is 25.5. The quantitative estimate of drug-likeness (QED) is 0.718. The molecule has 1 saturated carbocycles. The van der Waals surface area contributed by atoms with Crippen LogP contribution in [0, 0.1) is 0 Å². The van der Waals surface area contributed by atoms with Crippen LogP contribution in [-0.2, 0) is 10.0 Å². The van der Waals surface area contributed by atoms with Crippen LogP contribution in [0.2, 0.25) is 0 Å². The Kier molecular flexibility index (Phi) is 6.38. The topological polar surface area (TPSA) is 95.6 Å². The molecule has 0 aromatic heterocycles. The Morgan fingerprint density at radius 3 is 2.29 bits per heavy atom. The van der Waals surface area contributed by atoms with Gasteiger partial charge in [-0.2, -0.15) is 4.31 Å². The number of para-hydroxylation sites is 1. The van der Waals surface area contributed by atoms with Gasteiger partial charge in [0.1, 0.15) is 0 Å². The first-order valence-corrected chi connectivity index (χ1v) is 12.2. The summed E-state index contributed by atoms with van der Waals surface area (Å²) in [7, 11) is -3.65. The molecule has 1 aliphatic carbocycles. The van der Waals surface area contributed by atoms with Crippen molar-refractivity contribution in [2.24, 2.45) is 0 Å². The zero-order chi connectivity index (χ0) is 21.8. The molecular weight excluding hydrogens is 414 g/mol. The summed E-state index contributed by atoms with van der Waals surface area (Å²) < 4.78 is 27.6. The van der Waals surface area contributed by atoms with Gasteiger partial charge in [-0.1, -0.05) is 31.0 Å². The third kappa shape index (κ3) is 5.14. The van der Waals surface area contributed by atoms with Crippen molar-refractivity contribution in [1.29, 1.82) is 0 Å². The van der Waals surface area contributed by atoms with Crippen LogP contribution < -0.4 is 10.6 Å². The van der Waals surface area contributed by atoms with Gasteiger partial charge in [0, 0.05) is 24.7 Å². The van der Waals surface area contributed by atoms with Gasteiger partial charge in [0.05, 0.1) is 16.1 Å². The fraction of sp³-hybridized carbons (Fsp3) is 0.391. The molecular formula is C23H27N3O4S. The van der Waals surface area contributed by atoms with Gasteiger partial charge in [0.15, 0.2) is 0 Å². The van der Waals surface area contributed by atoms with Crippen molar-refractivity contribution in [1.82, 2.24) is 9.62 Å². The predicted octanol–water partition coefficient (Wildman–Crippen LogP) is 3.40. The Morgan fingerprint density at radius 2 is 1.58 bits per heavy atom. The molecule has 2 amide bonds. The smallest absolute Gasteiger partial charge is 0.255 e. The second-order valence-electron chi connectivity index (χ2n) is 8.09. The van der Waals surface area contributed by atoms with Crippen LogP contribution in [0.1, 0.15) is 59.2 Å². The van der Waals surface area contributed by atoms with E-state index in [2.05, 4.69) is 10.6 Å². The van der Waals surface area contributed by atoms with E-state index in [1.807, 2.05) is 0 Å². The number of amides is 2. The molecule has 0 unspecified atom stereocenters. The minimum atomic E-state index is -3.65. The van der Waals surface area contributed by atoms with Crippen LogP contribution in [0.4, 0.5) is 5.69 Å². The van der Waals surface area contributed by atoms with Crippen molar-refractivity contribution in [2.45, 2.75) is 49.5 Å². The molecule has 2 aromatic carbocycles. The molecule has 2 fully saturated rings. The maximum Gasteiger partial charge on any atom is 0.255 e. The zero-order valence-corrected chi connectivity index (χ0v) is 18.2. The van der Waals surface area contributed by atoms with Crippen molar-refractivity contribution in [2.75, 3.05) is 18.4 Å². The van der Waals surface area contributed by atoms with Crippen LogP contribution in [0.25, 0.3) is 0 Å². The first-order chi connectivity index (χ1) is 14.9. The van der Waals surface area contributed by atoms with Gasteiger partial charge in [-0.25, -0.2) is 8.42 Å². The first kappa shape index (κ1) is 21.5. The SMILES string of the molecule is O=C(Nc1ccccc1C(=O)NC1CC1)c1cccc(S(=O)(=O)N2CCCCCC2)c1. The summed E-state index contributed by atoms with van der Waals surface area (Å²) in [6, 6.07) is 13.1. The average Bonchev–Trinajstić information content (AvgIpc) is 3.61. The Hall–Kier alpha value is -2.71. The Morgan fingerprint density at radius 1 is 0.871 bits per heavy atom. The molecule has 31 heavy (non-hydrogen) atoms. The maximum absolute atomic E-state index is 13.1. The molecule has 1 heterocycles. The normalized spacial score (nSPS) is 17.5. The van der Waals surface area contributed by atoms with E-state index in [9.17, 15) is 18.0 Å². The van der Waals surface area contributed by atoms with Gasteiger partial charge < -0.3 is 10.6 Å². The van der Waals surface area contributed by atoms with E-state index in [0.717, 1.165) is 38.5 Å². The van der Waals surface area contributed by atoms with Crippen molar-refractivity contribution >= 4 is 27.5 Å². The fourth-order valence-corrected chi connectivity index (χ4v) is 5.27. The first-order valence-electron chi connectivity index (χ1n) is 10.8. The summed E-state index contributed by atoms with van der Waals surface area (Å²) >= 11 is 0. The van der Waals surface area contributed by atoms with Gasteiger partial charge in [0.25, 0.3) is 11.8 Å². The van der Waals surface area contributed by atoms with Gasteiger partial charge in [-0.05, 0) is 56.0 Å². The fourth-order valence-electron chi connectivity index (χ4n) is 3.70. The van der Waals surface area contributed by atoms with Gasteiger partial charge >= 0.3 is 0 Å². The Balaban J connectivity index is 1.53. The van der Waals surface area contributed by atoms with Crippen LogP contribution in [0.5, 0.6) is 0 Å². The van der Waals surface area contributed by atoms with Gasteiger partial charge in [-0.3, -0.25) is 9.59 Å². The molecule has 2 aliphatic rings. The predicted molar refractivity (Wildman–Crippen MR) is 119 cm³/mol. The van der Waals surface area contributed by atoms with Crippen LogP contribution >= 0.6 is 0 Å².